The van der Waals surface area contributed by atoms with Crippen LogP contribution in [-0.4, -0.2) is 65.4 Å². The van der Waals surface area contributed by atoms with Crippen molar-refractivity contribution in [3.05, 3.63) is 10.8 Å². The van der Waals surface area contributed by atoms with Gasteiger partial charge in [0, 0.05) is 39.1 Å². The van der Waals surface area contributed by atoms with Crippen molar-refractivity contribution >= 4 is 41.0 Å². The number of nitrogens with zero attached hydrogens (tertiary/aromatic N) is 3. The summed E-state index contributed by atoms with van der Waals surface area (Å²) in [4.78, 5) is 33.7. The Kier molecular flexibility index (Phi) is 11.7. The van der Waals surface area contributed by atoms with Crippen molar-refractivity contribution in [3.63, 3.8) is 0 Å². The molecule has 12 heteroatoms. The number of amides is 2. The van der Waals surface area contributed by atoms with Crippen molar-refractivity contribution in [1.82, 2.24) is 30.8 Å². The fourth-order valence-corrected chi connectivity index (χ4v) is 3.70. The molecule has 1 aromatic heterocycles. The van der Waals surface area contributed by atoms with E-state index >= 15 is 0 Å². The molecule has 0 atom stereocenters. The van der Waals surface area contributed by atoms with E-state index in [0.29, 0.717) is 18.9 Å². The first-order valence-electron chi connectivity index (χ1n) is 11.6. The van der Waals surface area contributed by atoms with Gasteiger partial charge in [-0.05, 0) is 12.8 Å². The normalized spacial score (nSPS) is 13.5. The standard InChI is InChI=1S/C21H36ClN9O2/c22-17-19(24)29-18(23)16(28-17)20(33)30-21(25)27-10-8-6-4-2-1-3-5-7-9-15(32)31-13-11-26-12-14-31/h26H,1-14H2,(H4,23,24,29)(H3,25,27,30,33). The van der Waals surface area contributed by atoms with Crippen LogP contribution in [0.1, 0.15) is 68.3 Å². The number of unbranched alkanes of at least 4 members (excludes halogenated alkanes) is 7. The molecule has 8 N–H and O–H groups in total. The van der Waals surface area contributed by atoms with Gasteiger partial charge in [0.2, 0.25) is 5.91 Å². The van der Waals surface area contributed by atoms with E-state index in [1.807, 2.05) is 4.90 Å². The predicted octanol–water partition coefficient (Wildman–Crippen LogP) is 1.49. The maximum Gasteiger partial charge on any atom is 0.280 e. The molecular formula is C21H36ClN9O2. The molecule has 1 aromatic rings. The Morgan fingerprint density at radius 2 is 1.58 bits per heavy atom. The molecule has 11 nitrogen and oxygen atoms in total. The minimum absolute atomic E-state index is 0.0557. The lowest BCUT2D eigenvalue weighted by atomic mass is 10.1. The van der Waals surface area contributed by atoms with Crippen molar-refractivity contribution in [1.29, 1.82) is 5.41 Å². The summed E-state index contributed by atoms with van der Waals surface area (Å²) < 4.78 is 0. The second-order valence-corrected chi connectivity index (χ2v) is 8.46. The van der Waals surface area contributed by atoms with Crippen LogP contribution in [0.2, 0.25) is 5.15 Å². The van der Waals surface area contributed by atoms with Crippen molar-refractivity contribution in [2.24, 2.45) is 0 Å². The Bertz CT molecular complexity index is 800. The van der Waals surface area contributed by atoms with Crippen LogP contribution in [-0.2, 0) is 4.79 Å². The number of anilines is 2. The number of nitrogens with two attached hydrogens (primary N) is 2. The summed E-state index contributed by atoms with van der Waals surface area (Å²) in [6, 6.07) is 0. The largest absolute Gasteiger partial charge is 0.382 e. The van der Waals surface area contributed by atoms with E-state index in [0.717, 1.165) is 71.1 Å². The summed E-state index contributed by atoms with van der Waals surface area (Å²) in [5.41, 5.74) is 10.9. The van der Waals surface area contributed by atoms with Crippen molar-refractivity contribution in [2.75, 3.05) is 44.2 Å². The van der Waals surface area contributed by atoms with Crippen LogP contribution in [0, 0.1) is 5.41 Å². The first kappa shape index (κ1) is 26.6. The SMILES string of the molecule is N=C(NCCCCCCCCCCC(=O)N1CCNCC1)NC(=O)c1nc(Cl)c(N)nc1N. The third-order valence-corrected chi connectivity index (χ3v) is 5.73. The number of halogens is 1. The highest BCUT2D eigenvalue weighted by molar-refractivity contribution is 6.31. The molecule has 33 heavy (non-hydrogen) atoms. The van der Waals surface area contributed by atoms with Gasteiger partial charge in [-0.2, -0.15) is 0 Å². The van der Waals surface area contributed by atoms with Gasteiger partial charge >= 0.3 is 0 Å². The van der Waals surface area contributed by atoms with E-state index in [9.17, 15) is 9.59 Å². The molecule has 184 valence electrons. The van der Waals surface area contributed by atoms with E-state index < -0.39 is 5.91 Å². The van der Waals surface area contributed by atoms with Crippen LogP contribution in [0.5, 0.6) is 0 Å². The number of hydrogen-bond acceptors (Lipinski definition) is 8. The quantitative estimate of drug-likeness (QED) is 0.148. The number of nitrogens with one attached hydrogen (secondary N) is 4. The molecule has 0 aliphatic carbocycles. The van der Waals surface area contributed by atoms with E-state index in [1.165, 1.54) is 6.42 Å². The number of rotatable bonds is 12. The van der Waals surface area contributed by atoms with Gasteiger partial charge in [0.15, 0.2) is 28.4 Å². The topological polar surface area (TPSA) is 175 Å². The number of hydrogen-bond donors (Lipinski definition) is 6. The Morgan fingerprint density at radius 3 is 2.24 bits per heavy atom. The van der Waals surface area contributed by atoms with Crippen molar-refractivity contribution in [3.8, 4) is 0 Å². The van der Waals surface area contributed by atoms with Gasteiger partial charge < -0.3 is 27.0 Å². The van der Waals surface area contributed by atoms with Crippen LogP contribution in [0.3, 0.4) is 0 Å². The first-order chi connectivity index (χ1) is 15.9. The van der Waals surface area contributed by atoms with Gasteiger partial charge in [0.1, 0.15) is 0 Å². The molecule has 1 saturated heterocycles. The highest BCUT2D eigenvalue weighted by Gasteiger charge is 2.17. The predicted molar refractivity (Wildman–Crippen MR) is 130 cm³/mol. The van der Waals surface area contributed by atoms with Gasteiger partial charge in [-0.3, -0.25) is 20.3 Å². The van der Waals surface area contributed by atoms with Gasteiger partial charge in [0.05, 0.1) is 0 Å². The molecule has 0 saturated carbocycles. The molecule has 2 rings (SSSR count). The van der Waals surface area contributed by atoms with Crippen LogP contribution < -0.4 is 27.4 Å². The van der Waals surface area contributed by atoms with Crippen molar-refractivity contribution in [2.45, 2.75) is 57.8 Å². The molecule has 2 heterocycles. The zero-order valence-electron chi connectivity index (χ0n) is 19.1. The second-order valence-electron chi connectivity index (χ2n) is 8.10. The number of carbonyl (C=O) groups excluding carboxylic acids is 2. The van der Waals surface area contributed by atoms with Crippen LogP contribution >= 0.6 is 11.6 Å². The Hall–Kier alpha value is -2.66. The van der Waals surface area contributed by atoms with E-state index in [1.54, 1.807) is 0 Å². The summed E-state index contributed by atoms with van der Waals surface area (Å²) in [5, 5.41) is 16.2. The molecule has 0 aromatic carbocycles. The van der Waals surface area contributed by atoms with Crippen molar-refractivity contribution < 1.29 is 9.59 Å². The zero-order chi connectivity index (χ0) is 24.1. The minimum atomic E-state index is -0.672. The molecular weight excluding hydrogens is 446 g/mol. The average molecular weight is 482 g/mol. The lowest BCUT2D eigenvalue weighted by molar-refractivity contribution is -0.131. The van der Waals surface area contributed by atoms with Gasteiger partial charge in [-0.25, -0.2) is 9.97 Å². The second kappa shape index (κ2) is 14.5. The lowest BCUT2D eigenvalue weighted by Crippen LogP contribution is -2.46. The highest BCUT2D eigenvalue weighted by Crippen LogP contribution is 2.17. The number of piperazine rings is 1. The van der Waals surface area contributed by atoms with Crippen LogP contribution in [0.15, 0.2) is 0 Å². The number of nitrogen functional groups attached to an aromatic ring is 2. The van der Waals surface area contributed by atoms with Crippen LogP contribution in [0.4, 0.5) is 11.6 Å². The zero-order valence-corrected chi connectivity index (χ0v) is 19.8. The Balaban J connectivity index is 1.44. The summed E-state index contributed by atoms with van der Waals surface area (Å²) in [6.07, 6.45) is 9.30. The smallest absolute Gasteiger partial charge is 0.280 e. The van der Waals surface area contributed by atoms with Gasteiger partial charge in [-0.1, -0.05) is 50.1 Å². The number of carbonyl (C=O) groups is 2. The summed E-state index contributed by atoms with van der Waals surface area (Å²) in [6.45, 7) is 4.05. The number of aromatic nitrogens is 2. The molecule has 0 spiro atoms. The molecule has 2 amide bonds. The summed E-state index contributed by atoms with van der Waals surface area (Å²) in [7, 11) is 0. The van der Waals surface area contributed by atoms with E-state index in [4.69, 9.17) is 28.5 Å². The molecule has 0 radical (unpaired) electrons. The average Bonchev–Trinajstić information content (AvgIpc) is 2.80. The molecule has 1 fully saturated rings. The lowest BCUT2D eigenvalue weighted by Gasteiger charge is -2.27. The highest BCUT2D eigenvalue weighted by atomic mass is 35.5. The number of guanidine groups is 1. The maximum absolute atomic E-state index is 12.1. The fourth-order valence-electron chi connectivity index (χ4n) is 3.57. The molecule has 1 aliphatic heterocycles. The van der Waals surface area contributed by atoms with E-state index in [2.05, 4.69) is 25.9 Å². The Morgan fingerprint density at radius 1 is 0.970 bits per heavy atom. The third-order valence-electron chi connectivity index (χ3n) is 5.45. The molecule has 0 unspecified atom stereocenters. The van der Waals surface area contributed by atoms with Gasteiger partial charge in [0.25, 0.3) is 5.91 Å². The Labute approximate surface area is 199 Å². The first-order valence-corrected chi connectivity index (χ1v) is 12.0. The van der Waals surface area contributed by atoms with E-state index in [-0.39, 0.29) is 28.4 Å². The molecule has 1 aliphatic rings. The van der Waals surface area contributed by atoms with Gasteiger partial charge in [-0.15, -0.1) is 0 Å². The molecule has 0 bridgehead atoms. The monoisotopic (exact) mass is 481 g/mol. The maximum atomic E-state index is 12.1. The summed E-state index contributed by atoms with van der Waals surface area (Å²) >= 11 is 5.77. The summed E-state index contributed by atoms with van der Waals surface area (Å²) in [5.74, 6) is -0.717. The third kappa shape index (κ3) is 9.79. The van der Waals surface area contributed by atoms with Crippen LogP contribution in [0.25, 0.3) is 0 Å². The fraction of sp³-hybridized carbons (Fsp3) is 0.667. The minimum Gasteiger partial charge on any atom is -0.382 e.